The number of benzene rings is 2. The highest BCUT2D eigenvalue weighted by Gasteiger charge is 2.08. The van der Waals surface area contributed by atoms with Crippen molar-refractivity contribution in [3.63, 3.8) is 0 Å². The van der Waals surface area contributed by atoms with E-state index in [1.807, 2.05) is 36.4 Å². The lowest BCUT2D eigenvalue weighted by atomic mass is 10.1. The number of ether oxygens (including phenoxy) is 1. The van der Waals surface area contributed by atoms with Gasteiger partial charge in [-0.15, -0.1) is 11.8 Å². The Morgan fingerprint density at radius 2 is 1.95 bits per heavy atom. The van der Waals surface area contributed by atoms with Crippen molar-refractivity contribution in [3.05, 3.63) is 59.7 Å². The van der Waals surface area contributed by atoms with Crippen LogP contribution in [0.5, 0.6) is 5.75 Å². The Balaban J connectivity index is 1.93. The van der Waals surface area contributed by atoms with E-state index in [4.69, 9.17) is 4.74 Å². The second-order valence-electron chi connectivity index (χ2n) is 4.63. The van der Waals surface area contributed by atoms with Gasteiger partial charge < -0.3 is 4.74 Å². The summed E-state index contributed by atoms with van der Waals surface area (Å²) in [6.07, 6.45) is 0.419. The van der Waals surface area contributed by atoms with Gasteiger partial charge in [-0.25, -0.2) is 0 Å². The topological polar surface area (TPSA) is 26.3 Å². The van der Waals surface area contributed by atoms with Gasteiger partial charge in [0.2, 0.25) is 0 Å². The van der Waals surface area contributed by atoms with Gasteiger partial charge in [0.05, 0.1) is 12.9 Å². The summed E-state index contributed by atoms with van der Waals surface area (Å²) in [4.78, 5) is 13.2. The van der Waals surface area contributed by atoms with Crippen LogP contribution in [0.3, 0.4) is 0 Å². The predicted molar refractivity (Wildman–Crippen MR) is 83.6 cm³/mol. The largest absolute Gasteiger partial charge is 0.496 e. The fourth-order valence-corrected chi connectivity index (χ4v) is 2.86. The number of hydrogen-bond donors (Lipinski definition) is 0. The van der Waals surface area contributed by atoms with Crippen LogP contribution in [0, 0.1) is 6.92 Å². The number of rotatable bonds is 6. The van der Waals surface area contributed by atoms with E-state index < -0.39 is 0 Å². The summed E-state index contributed by atoms with van der Waals surface area (Å²) in [5.41, 5.74) is 2.16. The third-order valence-electron chi connectivity index (χ3n) is 2.97. The summed E-state index contributed by atoms with van der Waals surface area (Å²) < 4.78 is 5.27. The molecule has 0 amide bonds. The molecule has 0 atom stereocenters. The fraction of sp³-hybridized carbons (Fsp3) is 0.235. The molecular weight excluding hydrogens is 268 g/mol. The van der Waals surface area contributed by atoms with Crippen LogP contribution in [0.2, 0.25) is 0 Å². The molecular formula is C17H18O2S. The molecule has 20 heavy (non-hydrogen) atoms. The summed E-state index contributed by atoms with van der Waals surface area (Å²) in [5.74, 6) is 1.48. The van der Waals surface area contributed by atoms with Crippen molar-refractivity contribution in [1.82, 2.24) is 0 Å². The fourth-order valence-electron chi connectivity index (χ4n) is 1.98. The lowest BCUT2D eigenvalue weighted by molar-refractivity contribution is -0.116. The molecule has 2 nitrogen and oxygen atoms in total. The molecule has 0 aliphatic rings. The zero-order valence-corrected chi connectivity index (χ0v) is 12.6. The molecule has 2 rings (SSSR count). The molecule has 0 radical (unpaired) electrons. The van der Waals surface area contributed by atoms with Crippen molar-refractivity contribution >= 4 is 17.5 Å². The molecule has 0 saturated heterocycles. The van der Waals surface area contributed by atoms with Crippen molar-refractivity contribution in [2.45, 2.75) is 18.2 Å². The van der Waals surface area contributed by atoms with Gasteiger partial charge in [0.1, 0.15) is 11.5 Å². The van der Waals surface area contributed by atoms with E-state index in [1.165, 1.54) is 5.56 Å². The van der Waals surface area contributed by atoms with Crippen LogP contribution in [0.25, 0.3) is 0 Å². The zero-order valence-electron chi connectivity index (χ0n) is 11.8. The molecule has 3 heteroatoms. The first-order valence-corrected chi connectivity index (χ1v) is 7.50. The average Bonchev–Trinajstić information content (AvgIpc) is 2.46. The first-order valence-electron chi connectivity index (χ1n) is 6.52. The smallest absolute Gasteiger partial charge is 0.147 e. The first-order chi connectivity index (χ1) is 9.69. The Morgan fingerprint density at radius 1 is 1.15 bits per heavy atom. The van der Waals surface area contributed by atoms with E-state index in [2.05, 4.69) is 19.1 Å². The molecule has 0 spiro atoms. The zero-order chi connectivity index (χ0) is 14.4. The minimum absolute atomic E-state index is 0.209. The Labute approximate surface area is 124 Å². The van der Waals surface area contributed by atoms with Crippen LogP contribution in [0.1, 0.15) is 11.1 Å². The number of methoxy groups -OCH3 is 1. The number of carbonyl (C=O) groups is 1. The van der Waals surface area contributed by atoms with Crippen LogP contribution in [0.15, 0.2) is 53.4 Å². The Kier molecular flexibility index (Phi) is 5.24. The van der Waals surface area contributed by atoms with Crippen molar-refractivity contribution in [2.75, 3.05) is 12.9 Å². The van der Waals surface area contributed by atoms with Crippen LogP contribution in [0.4, 0.5) is 0 Å². The Hall–Kier alpha value is -1.74. The highest BCUT2D eigenvalue weighted by molar-refractivity contribution is 8.00. The molecule has 104 valence electrons. The van der Waals surface area contributed by atoms with E-state index in [-0.39, 0.29) is 5.78 Å². The second-order valence-corrected chi connectivity index (χ2v) is 5.68. The van der Waals surface area contributed by atoms with Gasteiger partial charge in [-0.3, -0.25) is 4.79 Å². The summed E-state index contributed by atoms with van der Waals surface area (Å²) in [6.45, 7) is 2.06. The lowest BCUT2D eigenvalue weighted by Crippen LogP contribution is -2.06. The number of para-hydroxylation sites is 1. The van der Waals surface area contributed by atoms with E-state index in [0.29, 0.717) is 12.2 Å². The molecule has 0 fully saturated rings. The van der Waals surface area contributed by atoms with E-state index >= 15 is 0 Å². The molecule has 0 N–H and O–H groups in total. The lowest BCUT2D eigenvalue weighted by Gasteiger charge is -2.07. The van der Waals surface area contributed by atoms with Gasteiger partial charge in [0.25, 0.3) is 0 Å². The Morgan fingerprint density at radius 3 is 2.70 bits per heavy atom. The maximum Gasteiger partial charge on any atom is 0.147 e. The van der Waals surface area contributed by atoms with Crippen molar-refractivity contribution in [3.8, 4) is 5.75 Å². The van der Waals surface area contributed by atoms with E-state index in [9.17, 15) is 4.79 Å². The molecule has 0 bridgehead atoms. The van der Waals surface area contributed by atoms with Crippen LogP contribution >= 0.6 is 11.8 Å². The van der Waals surface area contributed by atoms with Crippen molar-refractivity contribution < 1.29 is 9.53 Å². The number of ketones is 1. The van der Waals surface area contributed by atoms with Crippen molar-refractivity contribution in [2.24, 2.45) is 0 Å². The monoisotopic (exact) mass is 286 g/mol. The summed E-state index contributed by atoms with van der Waals surface area (Å²) >= 11 is 1.59. The van der Waals surface area contributed by atoms with E-state index in [0.717, 1.165) is 16.2 Å². The molecule has 0 unspecified atom stereocenters. The third-order valence-corrected chi connectivity index (χ3v) is 4.02. The normalized spacial score (nSPS) is 10.3. The molecule has 2 aromatic carbocycles. The van der Waals surface area contributed by atoms with Gasteiger partial charge in [-0.1, -0.05) is 35.9 Å². The summed E-state index contributed by atoms with van der Waals surface area (Å²) in [5, 5.41) is 0. The number of aryl methyl sites for hydroxylation is 1. The summed E-state index contributed by atoms with van der Waals surface area (Å²) in [6, 6.07) is 15.9. The minimum Gasteiger partial charge on any atom is -0.496 e. The van der Waals surface area contributed by atoms with Crippen molar-refractivity contribution in [1.29, 1.82) is 0 Å². The molecule has 0 heterocycles. The second kappa shape index (κ2) is 7.15. The van der Waals surface area contributed by atoms with Crippen LogP contribution in [-0.2, 0) is 11.2 Å². The number of carbonyl (C=O) groups excluding carboxylic acids is 1. The average molecular weight is 286 g/mol. The van der Waals surface area contributed by atoms with E-state index in [1.54, 1.807) is 18.9 Å². The molecule has 0 aliphatic heterocycles. The van der Waals surface area contributed by atoms with Gasteiger partial charge in [0.15, 0.2) is 0 Å². The minimum atomic E-state index is 0.209. The molecule has 0 saturated carbocycles. The maximum absolute atomic E-state index is 12.1. The predicted octanol–water partition coefficient (Wildman–Crippen LogP) is 3.91. The van der Waals surface area contributed by atoms with Gasteiger partial charge in [-0.05, 0) is 25.1 Å². The van der Waals surface area contributed by atoms with Crippen LogP contribution < -0.4 is 4.74 Å². The van der Waals surface area contributed by atoms with Gasteiger partial charge in [-0.2, -0.15) is 0 Å². The highest BCUT2D eigenvalue weighted by atomic mass is 32.2. The Bertz CT molecular complexity index is 593. The maximum atomic E-state index is 12.1. The first kappa shape index (κ1) is 14.7. The number of Topliss-reactive ketones (excluding diaryl/α,β-unsaturated/α-hetero) is 1. The quantitative estimate of drug-likeness (QED) is 0.753. The SMILES string of the molecule is COc1ccccc1CC(=O)CSc1cccc(C)c1. The molecule has 0 aliphatic carbocycles. The number of hydrogen-bond acceptors (Lipinski definition) is 3. The standard InChI is InChI=1S/C17H18O2S/c1-13-6-5-8-16(10-13)20-12-15(18)11-14-7-3-4-9-17(14)19-2/h3-10H,11-12H2,1-2H3. The van der Waals surface area contributed by atoms with Gasteiger partial charge >= 0.3 is 0 Å². The number of thioether (sulfide) groups is 1. The highest BCUT2D eigenvalue weighted by Crippen LogP contribution is 2.22. The van der Waals surface area contributed by atoms with Gasteiger partial charge in [0, 0.05) is 16.9 Å². The third kappa shape index (κ3) is 4.14. The molecule has 0 aromatic heterocycles. The van der Waals surface area contributed by atoms with Crippen LogP contribution in [-0.4, -0.2) is 18.6 Å². The summed E-state index contributed by atoms with van der Waals surface area (Å²) in [7, 11) is 1.63. The molecule has 2 aromatic rings.